The SMILES string of the molecule is CSC1=N/C(=C/c2ccc(OC(C)C)cc2)C(=O)N1c1ccccc1. The molecule has 2 aromatic rings. The Hall–Kier alpha value is -2.53. The average Bonchev–Trinajstić information content (AvgIpc) is 2.93. The minimum Gasteiger partial charge on any atom is -0.491 e. The molecule has 0 saturated carbocycles. The quantitative estimate of drug-likeness (QED) is 0.756. The lowest BCUT2D eigenvalue weighted by molar-refractivity contribution is -0.113. The van der Waals surface area contributed by atoms with Crippen molar-refractivity contribution in [2.75, 3.05) is 11.2 Å². The van der Waals surface area contributed by atoms with Crippen LogP contribution in [0.3, 0.4) is 0 Å². The fourth-order valence-corrected chi connectivity index (χ4v) is 3.07. The Morgan fingerprint density at radius 1 is 1.08 bits per heavy atom. The molecule has 1 aliphatic rings. The summed E-state index contributed by atoms with van der Waals surface area (Å²) in [5.74, 6) is 0.701. The van der Waals surface area contributed by atoms with Crippen molar-refractivity contribution in [2.24, 2.45) is 4.99 Å². The topological polar surface area (TPSA) is 41.9 Å². The highest BCUT2D eigenvalue weighted by Crippen LogP contribution is 2.28. The maximum atomic E-state index is 12.8. The van der Waals surface area contributed by atoms with E-state index in [-0.39, 0.29) is 12.0 Å². The molecule has 0 atom stereocenters. The van der Waals surface area contributed by atoms with Gasteiger partial charge in [-0.2, -0.15) is 0 Å². The van der Waals surface area contributed by atoms with E-state index in [0.29, 0.717) is 10.9 Å². The lowest BCUT2D eigenvalue weighted by atomic mass is 10.2. The van der Waals surface area contributed by atoms with Gasteiger partial charge in [-0.25, -0.2) is 4.99 Å². The number of anilines is 1. The van der Waals surface area contributed by atoms with Gasteiger partial charge in [0.15, 0.2) is 5.17 Å². The van der Waals surface area contributed by atoms with Gasteiger partial charge in [0.2, 0.25) is 0 Å². The average molecular weight is 352 g/mol. The predicted octanol–water partition coefficient (Wildman–Crippen LogP) is 4.58. The predicted molar refractivity (Wildman–Crippen MR) is 105 cm³/mol. The molecule has 0 saturated heterocycles. The third kappa shape index (κ3) is 3.94. The number of hydrogen-bond acceptors (Lipinski definition) is 4. The molecular weight excluding hydrogens is 332 g/mol. The van der Waals surface area contributed by atoms with Gasteiger partial charge < -0.3 is 4.74 Å². The van der Waals surface area contributed by atoms with Crippen LogP contribution in [-0.4, -0.2) is 23.4 Å². The van der Waals surface area contributed by atoms with Crippen LogP contribution in [0, 0.1) is 0 Å². The number of nitrogens with zero attached hydrogens (tertiary/aromatic N) is 2. The Labute approximate surface area is 152 Å². The van der Waals surface area contributed by atoms with Gasteiger partial charge >= 0.3 is 0 Å². The van der Waals surface area contributed by atoms with Gasteiger partial charge in [-0.15, -0.1) is 0 Å². The maximum absolute atomic E-state index is 12.8. The third-order valence-electron chi connectivity index (χ3n) is 3.58. The van der Waals surface area contributed by atoms with Crippen molar-refractivity contribution in [2.45, 2.75) is 20.0 Å². The standard InChI is InChI=1S/C20H20N2O2S/c1-14(2)24-17-11-9-15(10-12-17)13-18-19(23)22(20(21-18)25-3)16-7-5-4-6-8-16/h4-14H,1-3H3/b18-13+. The molecule has 0 N–H and O–H groups in total. The number of carbonyl (C=O) groups is 1. The molecule has 0 bridgehead atoms. The molecule has 1 aliphatic heterocycles. The van der Waals surface area contributed by atoms with E-state index in [0.717, 1.165) is 17.0 Å². The van der Waals surface area contributed by atoms with E-state index >= 15 is 0 Å². The van der Waals surface area contributed by atoms with Gasteiger partial charge in [0.25, 0.3) is 5.91 Å². The number of benzene rings is 2. The van der Waals surface area contributed by atoms with Gasteiger partial charge in [-0.05, 0) is 56.0 Å². The first-order valence-electron chi connectivity index (χ1n) is 8.09. The Morgan fingerprint density at radius 3 is 2.36 bits per heavy atom. The van der Waals surface area contributed by atoms with Crippen LogP contribution in [0.15, 0.2) is 65.3 Å². The molecule has 0 spiro atoms. The van der Waals surface area contributed by atoms with E-state index in [1.165, 1.54) is 11.8 Å². The van der Waals surface area contributed by atoms with Gasteiger partial charge in [0.1, 0.15) is 11.4 Å². The Kier molecular flexibility index (Phi) is 5.24. The van der Waals surface area contributed by atoms with E-state index in [1.807, 2.05) is 74.7 Å². The summed E-state index contributed by atoms with van der Waals surface area (Å²) in [4.78, 5) is 18.9. The van der Waals surface area contributed by atoms with Crippen LogP contribution in [-0.2, 0) is 4.79 Å². The number of amides is 1. The zero-order valence-corrected chi connectivity index (χ0v) is 15.3. The van der Waals surface area contributed by atoms with Gasteiger partial charge in [0.05, 0.1) is 11.8 Å². The van der Waals surface area contributed by atoms with Gasteiger partial charge in [0, 0.05) is 0 Å². The monoisotopic (exact) mass is 352 g/mol. The van der Waals surface area contributed by atoms with Crippen LogP contribution in [0.25, 0.3) is 6.08 Å². The summed E-state index contributed by atoms with van der Waals surface area (Å²) < 4.78 is 5.64. The van der Waals surface area contributed by atoms with Crippen molar-refractivity contribution >= 4 is 34.6 Å². The molecule has 4 nitrogen and oxygen atoms in total. The Morgan fingerprint density at radius 2 is 1.76 bits per heavy atom. The molecule has 5 heteroatoms. The second-order valence-electron chi connectivity index (χ2n) is 5.84. The van der Waals surface area contributed by atoms with Crippen LogP contribution in [0.1, 0.15) is 19.4 Å². The fourth-order valence-electron chi connectivity index (χ4n) is 2.51. The van der Waals surface area contributed by atoms with Crippen molar-refractivity contribution in [3.8, 4) is 5.75 Å². The number of para-hydroxylation sites is 1. The highest BCUT2D eigenvalue weighted by molar-refractivity contribution is 8.13. The highest BCUT2D eigenvalue weighted by atomic mass is 32.2. The Balaban J connectivity index is 1.86. The summed E-state index contributed by atoms with van der Waals surface area (Å²) in [6.45, 7) is 3.98. The van der Waals surface area contributed by atoms with E-state index in [1.54, 1.807) is 11.0 Å². The number of rotatable bonds is 4. The lowest BCUT2D eigenvalue weighted by Crippen LogP contribution is -2.29. The summed E-state index contributed by atoms with van der Waals surface area (Å²) in [5.41, 5.74) is 2.17. The number of aliphatic imine (C=N–C) groups is 1. The first-order valence-corrected chi connectivity index (χ1v) is 9.31. The zero-order chi connectivity index (χ0) is 17.8. The molecule has 2 aromatic carbocycles. The van der Waals surface area contributed by atoms with Crippen molar-refractivity contribution in [1.82, 2.24) is 0 Å². The summed E-state index contributed by atoms with van der Waals surface area (Å²) >= 11 is 1.46. The van der Waals surface area contributed by atoms with E-state index in [4.69, 9.17) is 4.74 Å². The first kappa shape index (κ1) is 17.3. The first-order chi connectivity index (χ1) is 12.1. The molecule has 1 amide bonds. The fraction of sp³-hybridized carbons (Fsp3) is 0.200. The van der Waals surface area contributed by atoms with Crippen molar-refractivity contribution in [1.29, 1.82) is 0 Å². The summed E-state index contributed by atoms with van der Waals surface area (Å²) in [5, 5.41) is 0.683. The smallest absolute Gasteiger partial charge is 0.283 e. The molecule has 0 unspecified atom stereocenters. The summed E-state index contributed by atoms with van der Waals surface area (Å²) in [6, 6.07) is 17.2. The molecule has 25 heavy (non-hydrogen) atoms. The second-order valence-corrected chi connectivity index (χ2v) is 6.61. The van der Waals surface area contributed by atoms with Crippen LogP contribution in [0.2, 0.25) is 0 Å². The van der Waals surface area contributed by atoms with Crippen LogP contribution in [0.5, 0.6) is 5.75 Å². The van der Waals surface area contributed by atoms with Crippen molar-refractivity contribution in [3.63, 3.8) is 0 Å². The van der Waals surface area contributed by atoms with Crippen LogP contribution >= 0.6 is 11.8 Å². The third-order valence-corrected chi connectivity index (χ3v) is 4.22. The number of thioether (sulfide) groups is 1. The minimum atomic E-state index is -0.113. The maximum Gasteiger partial charge on any atom is 0.283 e. The normalized spacial score (nSPS) is 15.8. The van der Waals surface area contributed by atoms with Crippen LogP contribution < -0.4 is 9.64 Å². The molecule has 1 heterocycles. The number of carbonyl (C=O) groups excluding carboxylic acids is 1. The molecule has 0 radical (unpaired) electrons. The van der Waals surface area contributed by atoms with Crippen molar-refractivity contribution < 1.29 is 9.53 Å². The summed E-state index contributed by atoms with van der Waals surface area (Å²) in [7, 11) is 0. The Bertz CT molecular complexity index is 811. The molecule has 128 valence electrons. The largest absolute Gasteiger partial charge is 0.491 e. The number of hydrogen-bond donors (Lipinski definition) is 0. The van der Waals surface area contributed by atoms with E-state index in [9.17, 15) is 4.79 Å². The molecule has 0 aromatic heterocycles. The number of ether oxygens (including phenoxy) is 1. The summed E-state index contributed by atoms with van der Waals surface area (Å²) in [6.07, 6.45) is 3.86. The second kappa shape index (κ2) is 7.57. The highest BCUT2D eigenvalue weighted by Gasteiger charge is 2.30. The van der Waals surface area contributed by atoms with Crippen molar-refractivity contribution in [3.05, 3.63) is 65.9 Å². The number of amidine groups is 1. The molecule has 0 aliphatic carbocycles. The van der Waals surface area contributed by atoms with Crippen LogP contribution in [0.4, 0.5) is 5.69 Å². The lowest BCUT2D eigenvalue weighted by Gasteiger charge is -2.16. The molecular formula is C20H20N2O2S. The molecule has 3 rings (SSSR count). The van der Waals surface area contributed by atoms with Gasteiger partial charge in [-0.3, -0.25) is 9.69 Å². The minimum absolute atomic E-state index is 0.113. The zero-order valence-electron chi connectivity index (χ0n) is 14.5. The van der Waals surface area contributed by atoms with Gasteiger partial charge in [-0.1, -0.05) is 42.1 Å². The molecule has 0 fully saturated rings. The van der Waals surface area contributed by atoms with E-state index < -0.39 is 0 Å². The van der Waals surface area contributed by atoms with E-state index in [2.05, 4.69) is 4.99 Å².